The number of aromatic nitrogens is 2. The zero-order valence-corrected chi connectivity index (χ0v) is 11.9. The fourth-order valence-electron chi connectivity index (χ4n) is 1.66. The predicted octanol–water partition coefficient (Wildman–Crippen LogP) is 3.90. The number of benzene rings is 1. The van der Waals surface area contributed by atoms with E-state index in [-0.39, 0.29) is 5.92 Å². The maximum absolute atomic E-state index is 5.62. The van der Waals surface area contributed by atoms with E-state index in [2.05, 4.69) is 36.1 Å². The summed E-state index contributed by atoms with van der Waals surface area (Å²) in [5.41, 5.74) is 1.30. The van der Waals surface area contributed by atoms with E-state index < -0.39 is 0 Å². The molecule has 0 radical (unpaired) electrons. The lowest BCUT2D eigenvalue weighted by molar-refractivity contribution is 0.242. The fraction of sp³-hybridized carbons (Fsp3) is 0.467. The van der Waals surface area contributed by atoms with E-state index >= 15 is 0 Å². The zero-order valence-electron chi connectivity index (χ0n) is 11.9. The predicted molar refractivity (Wildman–Crippen MR) is 73.3 cm³/mol. The van der Waals surface area contributed by atoms with Crippen LogP contribution in [-0.2, 0) is 6.61 Å². The van der Waals surface area contributed by atoms with Gasteiger partial charge in [0.25, 0.3) is 5.89 Å². The van der Waals surface area contributed by atoms with Gasteiger partial charge in [-0.1, -0.05) is 45.0 Å². The van der Waals surface area contributed by atoms with Crippen LogP contribution in [0.25, 0.3) is 0 Å². The highest BCUT2D eigenvalue weighted by Crippen LogP contribution is 2.19. The molecule has 19 heavy (non-hydrogen) atoms. The van der Waals surface area contributed by atoms with Crippen molar-refractivity contribution < 1.29 is 9.26 Å². The molecule has 4 heteroatoms. The van der Waals surface area contributed by atoms with Crippen molar-refractivity contribution in [2.75, 3.05) is 0 Å². The monoisotopic (exact) mass is 260 g/mol. The van der Waals surface area contributed by atoms with Gasteiger partial charge in [-0.3, -0.25) is 0 Å². The Bertz CT molecular complexity index is 515. The molecule has 0 unspecified atom stereocenters. The molecule has 0 aliphatic carbocycles. The van der Waals surface area contributed by atoms with E-state index in [1.165, 1.54) is 5.56 Å². The van der Waals surface area contributed by atoms with Gasteiger partial charge >= 0.3 is 0 Å². The Morgan fingerprint density at radius 3 is 2.26 bits per heavy atom. The molecule has 0 fully saturated rings. The van der Waals surface area contributed by atoms with Gasteiger partial charge in [0, 0.05) is 5.92 Å². The normalized spacial score (nSPS) is 11.3. The third-order valence-electron chi connectivity index (χ3n) is 2.91. The molecule has 0 aliphatic rings. The average molecular weight is 260 g/mol. The molecule has 2 rings (SSSR count). The van der Waals surface area contributed by atoms with Crippen molar-refractivity contribution in [2.24, 2.45) is 0 Å². The van der Waals surface area contributed by atoms with E-state index in [0.29, 0.717) is 24.2 Å². The second-order valence-corrected chi connectivity index (χ2v) is 5.21. The van der Waals surface area contributed by atoms with Gasteiger partial charge < -0.3 is 9.26 Å². The van der Waals surface area contributed by atoms with Crippen LogP contribution in [0, 0.1) is 0 Å². The molecule has 0 saturated heterocycles. The Hall–Kier alpha value is -1.84. The van der Waals surface area contributed by atoms with E-state index in [0.717, 1.165) is 5.75 Å². The molecule has 1 aromatic carbocycles. The molecule has 102 valence electrons. The Labute approximate surface area is 113 Å². The standard InChI is InChI=1S/C15H20N2O2/c1-10(2)12-5-7-13(8-6-12)18-9-14-16-15(11(3)4)17-19-14/h5-8,10-11H,9H2,1-4H3. The highest BCUT2D eigenvalue weighted by molar-refractivity contribution is 5.28. The van der Waals surface area contributed by atoms with E-state index in [1.807, 2.05) is 26.0 Å². The van der Waals surface area contributed by atoms with Gasteiger partial charge in [-0.25, -0.2) is 0 Å². The van der Waals surface area contributed by atoms with Crippen LogP contribution in [0.15, 0.2) is 28.8 Å². The molecule has 4 nitrogen and oxygen atoms in total. The molecule has 0 amide bonds. The van der Waals surface area contributed by atoms with Gasteiger partial charge in [0.15, 0.2) is 12.4 Å². The van der Waals surface area contributed by atoms with Crippen molar-refractivity contribution in [1.29, 1.82) is 0 Å². The summed E-state index contributed by atoms with van der Waals surface area (Å²) in [6.45, 7) is 8.70. The lowest BCUT2D eigenvalue weighted by atomic mass is 10.0. The van der Waals surface area contributed by atoms with Crippen LogP contribution in [0.4, 0.5) is 0 Å². The van der Waals surface area contributed by atoms with Crippen molar-refractivity contribution in [3.8, 4) is 5.75 Å². The smallest absolute Gasteiger partial charge is 0.264 e. The number of rotatable bonds is 5. The molecule has 2 aromatic rings. The first kappa shape index (κ1) is 13.6. The first-order valence-corrected chi connectivity index (χ1v) is 6.61. The maximum atomic E-state index is 5.62. The molecular formula is C15H20N2O2. The maximum Gasteiger partial charge on any atom is 0.264 e. The Kier molecular flexibility index (Phi) is 4.20. The number of hydrogen-bond acceptors (Lipinski definition) is 4. The third kappa shape index (κ3) is 3.56. The minimum Gasteiger partial charge on any atom is -0.484 e. The largest absolute Gasteiger partial charge is 0.484 e. The molecule has 1 heterocycles. The van der Waals surface area contributed by atoms with Crippen LogP contribution in [0.5, 0.6) is 5.75 Å². The van der Waals surface area contributed by atoms with Gasteiger partial charge in [-0.2, -0.15) is 4.98 Å². The van der Waals surface area contributed by atoms with Crippen LogP contribution in [0.2, 0.25) is 0 Å². The summed E-state index contributed by atoms with van der Waals surface area (Å²) in [7, 11) is 0. The number of nitrogens with zero attached hydrogens (tertiary/aromatic N) is 2. The van der Waals surface area contributed by atoms with Gasteiger partial charge in [0.05, 0.1) is 0 Å². The van der Waals surface area contributed by atoms with E-state index in [4.69, 9.17) is 9.26 Å². The lowest BCUT2D eigenvalue weighted by Crippen LogP contribution is -1.97. The van der Waals surface area contributed by atoms with Gasteiger partial charge in [0.1, 0.15) is 5.75 Å². The van der Waals surface area contributed by atoms with Gasteiger partial charge in [0.2, 0.25) is 0 Å². The van der Waals surface area contributed by atoms with Crippen molar-refractivity contribution >= 4 is 0 Å². The minimum absolute atomic E-state index is 0.267. The Morgan fingerprint density at radius 2 is 1.74 bits per heavy atom. The second kappa shape index (κ2) is 5.87. The molecule has 1 aromatic heterocycles. The Balaban J connectivity index is 1.94. The van der Waals surface area contributed by atoms with Crippen LogP contribution >= 0.6 is 0 Å². The van der Waals surface area contributed by atoms with E-state index in [9.17, 15) is 0 Å². The molecule has 0 atom stereocenters. The highest BCUT2D eigenvalue weighted by atomic mass is 16.5. The minimum atomic E-state index is 0.267. The van der Waals surface area contributed by atoms with Crippen LogP contribution in [0.3, 0.4) is 0 Å². The summed E-state index contributed by atoms with van der Waals surface area (Å²) >= 11 is 0. The lowest BCUT2D eigenvalue weighted by Gasteiger charge is -2.07. The molecule has 0 N–H and O–H groups in total. The molecular weight excluding hydrogens is 240 g/mol. The van der Waals surface area contributed by atoms with Gasteiger partial charge in [-0.15, -0.1) is 0 Å². The summed E-state index contributed by atoms with van der Waals surface area (Å²) in [6.07, 6.45) is 0. The summed E-state index contributed by atoms with van der Waals surface area (Å²) in [6, 6.07) is 8.09. The van der Waals surface area contributed by atoms with Crippen LogP contribution in [-0.4, -0.2) is 10.1 Å². The highest BCUT2D eigenvalue weighted by Gasteiger charge is 2.10. The van der Waals surface area contributed by atoms with Gasteiger partial charge in [-0.05, 0) is 23.6 Å². The molecule has 0 saturated carbocycles. The SMILES string of the molecule is CC(C)c1ccc(OCc2nc(C(C)C)no2)cc1. The topological polar surface area (TPSA) is 48.2 Å². The number of hydrogen-bond donors (Lipinski definition) is 0. The Morgan fingerprint density at radius 1 is 1.05 bits per heavy atom. The van der Waals surface area contributed by atoms with Crippen LogP contribution < -0.4 is 4.74 Å². The number of ether oxygens (including phenoxy) is 1. The van der Waals surface area contributed by atoms with Crippen molar-refractivity contribution in [3.05, 3.63) is 41.5 Å². The summed E-state index contributed by atoms with van der Waals surface area (Å²) < 4.78 is 10.7. The first-order valence-electron chi connectivity index (χ1n) is 6.61. The quantitative estimate of drug-likeness (QED) is 0.818. The average Bonchev–Trinajstić information content (AvgIpc) is 2.86. The van der Waals surface area contributed by atoms with Crippen molar-refractivity contribution in [1.82, 2.24) is 10.1 Å². The third-order valence-corrected chi connectivity index (χ3v) is 2.91. The molecule has 0 spiro atoms. The first-order chi connectivity index (χ1) is 9.06. The summed E-state index contributed by atoms with van der Waals surface area (Å²) in [5, 5.41) is 3.90. The second-order valence-electron chi connectivity index (χ2n) is 5.21. The summed E-state index contributed by atoms with van der Waals surface area (Å²) in [4.78, 5) is 4.27. The van der Waals surface area contributed by atoms with Crippen molar-refractivity contribution in [3.63, 3.8) is 0 Å². The molecule has 0 aliphatic heterocycles. The van der Waals surface area contributed by atoms with Crippen molar-refractivity contribution in [2.45, 2.75) is 46.1 Å². The zero-order chi connectivity index (χ0) is 13.8. The molecule has 0 bridgehead atoms. The van der Waals surface area contributed by atoms with Crippen LogP contribution in [0.1, 0.15) is 56.8 Å². The fourth-order valence-corrected chi connectivity index (χ4v) is 1.66. The van der Waals surface area contributed by atoms with E-state index in [1.54, 1.807) is 0 Å². The summed E-state index contributed by atoms with van der Waals surface area (Å²) in [5.74, 6) is 2.83.